The predicted molar refractivity (Wildman–Crippen MR) is 125 cm³/mol. The van der Waals surface area contributed by atoms with Gasteiger partial charge in [0.1, 0.15) is 12.4 Å². The van der Waals surface area contributed by atoms with Gasteiger partial charge in [0.15, 0.2) is 0 Å². The highest BCUT2D eigenvalue weighted by Crippen LogP contribution is 2.38. The Balaban J connectivity index is 1.39. The maximum absolute atomic E-state index is 13.0. The number of aromatic nitrogens is 1. The molecule has 1 spiro atoms. The average Bonchev–Trinajstić information content (AvgIpc) is 2.82. The van der Waals surface area contributed by atoms with Crippen LogP contribution >= 0.6 is 0 Å². The normalized spacial score (nSPS) is 19.9. The first-order valence-corrected chi connectivity index (χ1v) is 11.8. The molecular weight excluding hydrogens is 402 g/mol. The number of benzene rings is 1. The summed E-state index contributed by atoms with van der Waals surface area (Å²) in [6.45, 7) is 4.29. The Labute approximate surface area is 191 Å². The Morgan fingerprint density at radius 3 is 2.62 bits per heavy atom. The number of rotatable bonds is 2. The van der Waals surface area contributed by atoms with Gasteiger partial charge in [-0.15, -0.1) is 0 Å². The maximum Gasteiger partial charge on any atom is 0.255 e. The van der Waals surface area contributed by atoms with Crippen LogP contribution in [0.2, 0.25) is 0 Å². The Hall–Kier alpha value is -2.60. The lowest BCUT2D eigenvalue weighted by Gasteiger charge is -2.44. The Morgan fingerprint density at radius 2 is 1.88 bits per heavy atom. The topological polar surface area (TPSA) is 54.9 Å². The van der Waals surface area contributed by atoms with Crippen molar-refractivity contribution < 1.29 is 14.3 Å². The fraction of sp³-hybridized carbons (Fsp3) is 0.538. The van der Waals surface area contributed by atoms with E-state index in [-0.39, 0.29) is 11.3 Å². The Morgan fingerprint density at radius 1 is 1.06 bits per heavy atom. The third kappa shape index (κ3) is 5.41. The van der Waals surface area contributed by atoms with Crippen molar-refractivity contribution in [1.29, 1.82) is 0 Å². The fourth-order valence-electron chi connectivity index (χ4n) is 5.11. The van der Waals surface area contributed by atoms with E-state index in [0.29, 0.717) is 18.1 Å². The second-order valence-electron chi connectivity index (χ2n) is 9.28. The van der Waals surface area contributed by atoms with Gasteiger partial charge < -0.3 is 19.3 Å². The smallest absolute Gasteiger partial charge is 0.255 e. The van der Waals surface area contributed by atoms with Crippen LogP contribution in [0.15, 0.2) is 42.6 Å². The number of likely N-dealkylation sites (N-methyl/N-ethyl adjacent to an activating group) is 1. The summed E-state index contributed by atoms with van der Waals surface area (Å²) in [4.78, 5) is 21.6. The molecule has 4 rings (SSSR count). The van der Waals surface area contributed by atoms with E-state index in [1.165, 1.54) is 24.8 Å². The molecule has 0 radical (unpaired) electrons. The quantitative estimate of drug-likeness (QED) is 0.710. The van der Waals surface area contributed by atoms with E-state index in [1.807, 2.05) is 4.90 Å². The van der Waals surface area contributed by atoms with Gasteiger partial charge in [0.25, 0.3) is 5.91 Å². The monoisotopic (exact) mass is 437 g/mol. The van der Waals surface area contributed by atoms with Gasteiger partial charge in [-0.1, -0.05) is 24.6 Å². The number of amides is 1. The van der Waals surface area contributed by atoms with Crippen molar-refractivity contribution in [2.45, 2.75) is 38.5 Å². The summed E-state index contributed by atoms with van der Waals surface area (Å²) >= 11 is 0. The Kier molecular flexibility index (Phi) is 7.30. The highest BCUT2D eigenvalue weighted by atomic mass is 16.5. The molecule has 172 valence electrons. The number of carbonyl (C=O) groups excluding carboxylic acids is 1. The van der Waals surface area contributed by atoms with Gasteiger partial charge in [-0.05, 0) is 62.3 Å². The minimum Gasteiger partial charge on any atom is -0.492 e. The molecule has 0 bridgehead atoms. The van der Waals surface area contributed by atoms with E-state index < -0.39 is 0 Å². The van der Waals surface area contributed by atoms with Crippen molar-refractivity contribution in [2.75, 3.05) is 46.9 Å². The predicted octanol–water partition coefficient (Wildman–Crippen LogP) is 4.05. The van der Waals surface area contributed by atoms with Gasteiger partial charge in [-0.3, -0.25) is 4.79 Å². The van der Waals surface area contributed by atoms with Gasteiger partial charge in [0.05, 0.1) is 12.7 Å². The van der Waals surface area contributed by atoms with Crippen molar-refractivity contribution >= 4 is 5.91 Å². The molecule has 1 fully saturated rings. The number of likely N-dealkylation sites (tertiary alicyclic amines) is 1. The minimum absolute atomic E-state index is 0.0709. The molecule has 2 aliphatic heterocycles. The van der Waals surface area contributed by atoms with Crippen molar-refractivity contribution in [3.63, 3.8) is 0 Å². The molecule has 1 aromatic heterocycles. The molecule has 6 heteroatoms. The number of pyridine rings is 1. The molecule has 0 unspecified atom stereocenters. The molecular formula is C26H35N3O3. The molecule has 2 aromatic rings. The average molecular weight is 438 g/mol. The van der Waals surface area contributed by atoms with Gasteiger partial charge in [0, 0.05) is 38.4 Å². The van der Waals surface area contributed by atoms with E-state index in [2.05, 4.69) is 41.2 Å². The molecule has 1 aromatic carbocycles. The standard InChI is InChI=1S/C26H35N3O3/c1-28-17-18-32-23-9-4-3-7-21(23)8-5-6-12-26(20-28)13-15-29(16-14-26)25(30)22-10-11-24(31-2)27-19-22/h3-4,7,9-11,19H,5-6,8,12-18,20H2,1-2H3. The summed E-state index contributed by atoms with van der Waals surface area (Å²) < 4.78 is 11.2. The zero-order valence-corrected chi connectivity index (χ0v) is 19.4. The summed E-state index contributed by atoms with van der Waals surface area (Å²) in [6.07, 6.45) is 8.37. The number of nitrogens with zero attached hydrogens (tertiary/aromatic N) is 3. The molecule has 3 heterocycles. The lowest BCUT2D eigenvalue weighted by molar-refractivity contribution is 0.0424. The molecule has 32 heavy (non-hydrogen) atoms. The molecule has 0 saturated carbocycles. The second kappa shape index (κ2) is 10.3. The van der Waals surface area contributed by atoms with E-state index in [9.17, 15) is 4.79 Å². The van der Waals surface area contributed by atoms with Crippen LogP contribution in [0, 0.1) is 5.41 Å². The first-order chi connectivity index (χ1) is 15.6. The fourth-order valence-corrected chi connectivity index (χ4v) is 5.11. The number of carbonyl (C=O) groups is 1. The summed E-state index contributed by atoms with van der Waals surface area (Å²) in [5.41, 5.74) is 2.22. The first kappa shape index (κ1) is 22.6. The number of piperidine rings is 1. The maximum atomic E-state index is 13.0. The number of aryl methyl sites for hydroxylation is 1. The largest absolute Gasteiger partial charge is 0.492 e. The third-order valence-electron chi connectivity index (χ3n) is 7.02. The van der Waals surface area contributed by atoms with Crippen LogP contribution in [0.3, 0.4) is 0 Å². The molecule has 0 N–H and O–H groups in total. The molecule has 1 amide bonds. The number of hydrogen-bond donors (Lipinski definition) is 0. The van der Waals surface area contributed by atoms with Crippen LogP contribution in [-0.2, 0) is 6.42 Å². The molecule has 6 nitrogen and oxygen atoms in total. The zero-order chi connectivity index (χ0) is 22.4. The lowest BCUT2D eigenvalue weighted by Crippen LogP contribution is -2.48. The van der Waals surface area contributed by atoms with Gasteiger partial charge >= 0.3 is 0 Å². The zero-order valence-electron chi connectivity index (χ0n) is 19.4. The van der Waals surface area contributed by atoms with Crippen LogP contribution in [0.25, 0.3) is 0 Å². The van der Waals surface area contributed by atoms with Crippen molar-refractivity contribution in [3.05, 3.63) is 53.7 Å². The van der Waals surface area contributed by atoms with Crippen LogP contribution in [0.4, 0.5) is 0 Å². The van der Waals surface area contributed by atoms with Crippen molar-refractivity contribution in [3.8, 4) is 11.6 Å². The molecule has 0 atom stereocenters. The first-order valence-electron chi connectivity index (χ1n) is 11.8. The van der Waals surface area contributed by atoms with Crippen LogP contribution in [-0.4, -0.2) is 67.6 Å². The molecule has 2 aliphatic rings. The van der Waals surface area contributed by atoms with Gasteiger partial charge in [-0.25, -0.2) is 4.98 Å². The number of para-hydroxylation sites is 1. The van der Waals surface area contributed by atoms with Crippen molar-refractivity contribution in [2.24, 2.45) is 5.41 Å². The number of methoxy groups -OCH3 is 1. The number of fused-ring (bicyclic) bond motifs is 1. The third-order valence-corrected chi connectivity index (χ3v) is 7.02. The van der Waals surface area contributed by atoms with Crippen molar-refractivity contribution in [1.82, 2.24) is 14.8 Å². The van der Waals surface area contributed by atoms with Gasteiger partial charge in [0.2, 0.25) is 5.88 Å². The lowest BCUT2D eigenvalue weighted by atomic mass is 9.73. The van der Waals surface area contributed by atoms with Crippen LogP contribution in [0.1, 0.15) is 48.0 Å². The summed E-state index contributed by atoms with van der Waals surface area (Å²) in [6, 6.07) is 12.0. The van der Waals surface area contributed by atoms with E-state index >= 15 is 0 Å². The van der Waals surface area contributed by atoms with E-state index in [1.54, 1.807) is 25.4 Å². The molecule has 0 aliphatic carbocycles. The highest BCUT2D eigenvalue weighted by Gasteiger charge is 2.36. The van der Waals surface area contributed by atoms with Crippen LogP contribution in [0.5, 0.6) is 11.6 Å². The molecule has 1 saturated heterocycles. The second-order valence-corrected chi connectivity index (χ2v) is 9.28. The minimum atomic E-state index is 0.0709. The SMILES string of the molecule is COc1ccc(C(=O)N2CCC3(CCCCc4ccccc4OCCN(C)C3)CC2)cn1. The van der Waals surface area contributed by atoms with E-state index in [4.69, 9.17) is 9.47 Å². The van der Waals surface area contributed by atoms with Crippen LogP contribution < -0.4 is 9.47 Å². The number of hydrogen-bond acceptors (Lipinski definition) is 5. The van der Waals surface area contributed by atoms with E-state index in [0.717, 1.165) is 51.2 Å². The summed E-state index contributed by atoms with van der Waals surface area (Å²) in [5.74, 6) is 1.64. The number of ether oxygens (including phenoxy) is 2. The summed E-state index contributed by atoms with van der Waals surface area (Å²) in [7, 11) is 3.78. The Bertz CT molecular complexity index is 891. The van der Waals surface area contributed by atoms with Gasteiger partial charge in [-0.2, -0.15) is 0 Å². The summed E-state index contributed by atoms with van der Waals surface area (Å²) in [5, 5.41) is 0. The highest BCUT2D eigenvalue weighted by molar-refractivity contribution is 5.94.